The van der Waals surface area contributed by atoms with Gasteiger partial charge in [0.05, 0.1) is 17.3 Å². The van der Waals surface area contributed by atoms with E-state index in [2.05, 4.69) is 4.98 Å². The first-order valence-electron chi connectivity index (χ1n) is 6.52. The van der Waals surface area contributed by atoms with Gasteiger partial charge < -0.3 is 9.64 Å². The lowest BCUT2D eigenvalue weighted by molar-refractivity contribution is 0.0982. The number of hydrogen-bond donors (Lipinski definition) is 0. The monoisotopic (exact) mass is 322 g/mol. The van der Waals surface area contributed by atoms with Crippen molar-refractivity contribution >= 4 is 34.8 Å². The second-order valence-corrected chi connectivity index (χ2v) is 5.39. The van der Waals surface area contributed by atoms with E-state index in [9.17, 15) is 4.79 Å². The number of nitrogens with zero attached hydrogens (tertiary/aromatic N) is 2. The Hall–Kier alpha value is -1.78. The molecular formula is C15H12Cl2N2O2. The van der Waals surface area contributed by atoms with Gasteiger partial charge in [0.15, 0.2) is 0 Å². The zero-order valence-corrected chi connectivity index (χ0v) is 12.6. The summed E-state index contributed by atoms with van der Waals surface area (Å²) in [7, 11) is 0. The lowest BCUT2D eigenvalue weighted by Gasteiger charge is -2.21. The van der Waals surface area contributed by atoms with Crippen LogP contribution in [0.3, 0.4) is 0 Å². The SMILES string of the molecule is O=C(c1nc(Cl)ccc1Cl)N1CCCOc2ccccc21. The number of anilines is 1. The van der Waals surface area contributed by atoms with Gasteiger partial charge >= 0.3 is 0 Å². The maximum atomic E-state index is 12.8. The molecule has 2 aromatic rings. The molecular weight excluding hydrogens is 311 g/mol. The molecule has 1 aliphatic rings. The van der Waals surface area contributed by atoms with E-state index in [-0.39, 0.29) is 21.8 Å². The van der Waals surface area contributed by atoms with Crippen molar-refractivity contribution in [2.45, 2.75) is 6.42 Å². The number of para-hydroxylation sites is 2. The number of rotatable bonds is 1. The first-order chi connectivity index (χ1) is 10.2. The Morgan fingerprint density at radius 3 is 2.86 bits per heavy atom. The lowest BCUT2D eigenvalue weighted by Crippen LogP contribution is -2.32. The Morgan fingerprint density at radius 1 is 1.19 bits per heavy atom. The minimum atomic E-state index is -0.277. The molecule has 1 aliphatic heterocycles. The third-order valence-electron chi connectivity index (χ3n) is 3.20. The summed E-state index contributed by atoms with van der Waals surface area (Å²) in [6, 6.07) is 10.5. The molecule has 0 spiro atoms. The van der Waals surface area contributed by atoms with E-state index in [0.717, 1.165) is 12.1 Å². The van der Waals surface area contributed by atoms with Crippen LogP contribution in [0.5, 0.6) is 5.75 Å². The predicted octanol–water partition coefficient (Wildman–Crippen LogP) is 3.82. The molecule has 0 saturated carbocycles. The van der Waals surface area contributed by atoms with Gasteiger partial charge in [-0.15, -0.1) is 0 Å². The number of pyridine rings is 1. The van der Waals surface area contributed by atoms with Crippen LogP contribution in [0, 0.1) is 0 Å². The van der Waals surface area contributed by atoms with Gasteiger partial charge in [0, 0.05) is 6.54 Å². The van der Waals surface area contributed by atoms with E-state index >= 15 is 0 Å². The molecule has 0 radical (unpaired) electrons. The number of hydrogen-bond acceptors (Lipinski definition) is 3. The highest BCUT2D eigenvalue weighted by atomic mass is 35.5. The fourth-order valence-electron chi connectivity index (χ4n) is 2.23. The van der Waals surface area contributed by atoms with Crippen molar-refractivity contribution < 1.29 is 9.53 Å². The average molecular weight is 323 g/mol. The Balaban J connectivity index is 2.03. The molecule has 21 heavy (non-hydrogen) atoms. The Morgan fingerprint density at radius 2 is 2.00 bits per heavy atom. The van der Waals surface area contributed by atoms with Crippen molar-refractivity contribution in [2.75, 3.05) is 18.1 Å². The summed E-state index contributed by atoms with van der Waals surface area (Å²) in [6.45, 7) is 1.11. The van der Waals surface area contributed by atoms with E-state index in [1.54, 1.807) is 17.0 Å². The van der Waals surface area contributed by atoms with Gasteiger partial charge in [-0.2, -0.15) is 0 Å². The van der Waals surface area contributed by atoms with Crippen LogP contribution >= 0.6 is 23.2 Å². The number of carbonyl (C=O) groups excluding carboxylic acids is 1. The molecule has 4 nitrogen and oxygen atoms in total. The van der Waals surface area contributed by atoms with Crippen LogP contribution in [0.1, 0.15) is 16.9 Å². The molecule has 1 aromatic carbocycles. The highest BCUT2D eigenvalue weighted by Crippen LogP contribution is 2.32. The summed E-state index contributed by atoms with van der Waals surface area (Å²) in [5, 5.41) is 0.522. The molecule has 1 aromatic heterocycles. The van der Waals surface area contributed by atoms with Crippen LogP contribution in [0.25, 0.3) is 0 Å². The smallest absolute Gasteiger partial charge is 0.278 e. The van der Waals surface area contributed by atoms with Gasteiger partial charge in [0.1, 0.15) is 16.6 Å². The van der Waals surface area contributed by atoms with Crippen molar-refractivity contribution in [3.63, 3.8) is 0 Å². The second-order valence-electron chi connectivity index (χ2n) is 4.59. The van der Waals surface area contributed by atoms with Crippen LogP contribution in [-0.4, -0.2) is 24.0 Å². The van der Waals surface area contributed by atoms with Gasteiger partial charge in [-0.25, -0.2) is 4.98 Å². The zero-order valence-electron chi connectivity index (χ0n) is 11.1. The molecule has 0 aliphatic carbocycles. The number of amides is 1. The maximum absolute atomic E-state index is 12.8. The summed E-state index contributed by atoms with van der Waals surface area (Å²) < 4.78 is 5.65. The van der Waals surface area contributed by atoms with E-state index in [1.165, 1.54) is 0 Å². The van der Waals surface area contributed by atoms with E-state index in [0.29, 0.717) is 18.9 Å². The molecule has 1 amide bonds. The Labute approximate surface area is 132 Å². The molecule has 2 heterocycles. The highest BCUT2D eigenvalue weighted by molar-refractivity contribution is 6.35. The van der Waals surface area contributed by atoms with Crippen LogP contribution < -0.4 is 9.64 Å². The summed E-state index contributed by atoms with van der Waals surface area (Å²) in [5.74, 6) is 0.405. The van der Waals surface area contributed by atoms with Crippen LogP contribution in [0.2, 0.25) is 10.2 Å². The number of carbonyl (C=O) groups is 1. The summed E-state index contributed by atoms with van der Waals surface area (Å²) >= 11 is 11.9. The molecule has 3 rings (SSSR count). The molecule has 6 heteroatoms. The van der Waals surface area contributed by atoms with Gasteiger partial charge in [0.25, 0.3) is 5.91 Å². The van der Waals surface area contributed by atoms with Crippen LogP contribution in [-0.2, 0) is 0 Å². The van der Waals surface area contributed by atoms with Gasteiger partial charge in [-0.05, 0) is 30.7 Å². The van der Waals surface area contributed by atoms with Crippen molar-refractivity contribution in [3.8, 4) is 5.75 Å². The minimum absolute atomic E-state index is 0.154. The largest absolute Gasteiger partial charge is 0.491 e. The van der Waals surface area contributed by atoms with Gasteiger partial charge in [-0.1, -0.05) is 35.3 Å². The topological polar surface area (TPSA) is 42.4 Å². The predicted molar refractivity (Wildman–Crippen MR) is 82.5 cm³/mol. The fraction of sp³-hybridized carbons (Fsp3) is 0.200. The van der Waals surface area contributed by atoms with Crippen molar-refractivity contribution in [1.82, 2.24) is 4.98 Å². The minimum Gasteiger partial charge on any atom is -0.491 e. The number of fused-ring (bicyclic) bond motifs is 1. The Bertz CT molecular complexity index is 691. The van der Waals surface area contributed by atoms with Gasteiger partial charge in [-0.3, -0.25) is 4.79 Å². The van der Waals surface area contributed by atoms with E-state index in [1.807, 2.05) is 24.3 Å². The normalized spacial score (nSPS) is 14.1. The van der Waals surface area contributed by atoms with Crippen molar-refractivity contribution in [3.05, 3.63) is 52.3 Å². The molecule has 0 N–H and O–H groups in total. The quantitative estimate of drug-likeness (QED) is 0.749. The molecule has 0 fully saturated rings. The van der Waals surface area contributed by atoms with Crippen molar-refractivity contribution in [1.29, 1.82) is 0 Å². The fourth-order valence-corrected chi connectivity index (χ4v) is 2.57. The summed E-state index contributed by atoms with van der Waals surface area (Å²) in [5.41, 5.74) is 0.874. The number of ether oxygens (including phenoxy) is 1. The first kappa shape index (κ1) is 14.2. The number of benzene rings is 1. The van der Waals surface area contributed by atoms with Crippen LogP contribution in [0.15, 0.2) is 36.4 Å². The molecule has 0 saturated heterocycles. The second kappa shape index (κ2) is 5.92. The molecule has 0 unspecified atom stereocenters. The molecule has 0 atom stereocenters. The standard InChI is InChI=1S/C15H12Cl2N2O2/c16-10-6-7-13(17)18-14(10)15(20)19-8-3-9-21-12-5-2-1-4-11(12)19/h1-2,4-7H,3,8-9H2. The highest BCUT2D eigenvalue weighted by Gasteiger charge is 2.25. The number of aromatic nitrogens is 1. The molecule has 0 bridgehead atoms. The summed E-state index contributed by atoms with van der Waals surface area (Å²) in [6.07, 6.45) is 0.735. The average Bonchev–Trinajstić information content (AvgIpc) is 2.71. The maximum Gasteiger partial charge on any atom is 0.278 e. The molecule has 108 valence electrons. The third-order valence-corrected chi connectivity index (χ3v) is 3.71. The Kier molecular flexibility index (Phi) is 3.99. The van der Waals surface area contributed by atoms with Gasteiger partial charge in [0.2, 0.25) is 0 Å². The lowest BCUT2D eigenvalue weighted by atomic mass is 10.2. The zero-order chi connectivity index (χ0) is 14.8. The van der Waals surface area contributed by atoms with E-state index in [4.69, 9.17) is 27.9 Å². The third kappa shape index (κ3) is 2.82. The number of halogens is 2. The first-order valence-corrected chi connectivity index (χ1v) is 7.28. The van der Waals surface area contributed by atoms with Crippen molar-refractivity contribution in [2.24, 2.45) is 0 Å². The summed E-state index contributed by atoms with van der Waals surface area (Å²) in [4.78, 5) is 18.4. The van der Waals surface area contributed by atoms with Crippen LogP contribution in [0.4, 0.5) is 5.69 Å². The van der Waals surface area contributed by atoms with E-state index < -0.39 is 0 Å².